The molecule has 3 fully saturated rings. The minimum absolute atomic E-state index is 0.0484. The molecule has 2 amide bonds. The van der Waals surface area contributed by atoms with Gasteiger partial charge in [0.1, 0.15) is 5.75 Å². The van der Waals surface area contributed by atoms with Gasteiger partial charge < -0.3 is 14.5 Å². The summed E-state index contributed by atoms with van der Waals surface area (Å²) in [4.78, 5) is 30.3. The Morgan fingerprint density at radius 1 is 1.00 bits per heavy atom. The molecular formula is C26H35ClF2N2O3. The molecule has 2 aliphatic heterocycles. The minimum atomic E-state index is -2.66. The number of rotatable bonds is 6. The van der Waals surface area contributed by atoms with Crippen LogP contribution in [0, 0.1) is 11.3 Å². The number of alkyl halides is 2. The van der Waals surface area contributed by atoms with Crippen LogP contribution >= 0.6 is 11.6 Å². The Hall–Kier alpha value is -1.89. The minimum Gasteiger partial charge on any atom is -0.493 e. The maximum atomic E-state index is 13.6. The molecule has 0 aromatic heterocycles. The van der Waals surface area contributed by atoms with Crippen LogP contribution in [0.4, 0.5) is 8.78 Å². The molecule has 0 spiro atoms. The highest BCUT2D eigenvalue weighted by molar-refractivity contribution is 6.30. The lowest BCUT2D eigenvalue weighted by Crippen LogP contribution is -2.53. The summed E-state index contributed by atoms with van der Waals surface area (Å²) in [6, 6.07) is 7.17. The van der Waals surface area contributed by atoms with E-state index < -0.39 is 11.3 Å². The van der Waals surface area contributed by atoms with Crippen molar-refractivity contribution in [2.24, 2.45) is 11.3 Å². The molecule has 5 nitrogen and oxygen atoms in total. The maximum Gasteiger partial charge on any atom is 0.248 e. The van der Waals surface area contributed by atoms with Crippen molar-refractivity contribution < 1.29 is 23.1 Å². The van der Waals surface area contributed by atoms with E-state index in [1.165, 1.54) is 0 Å². The first kappa shape index (κ1) is 25.2. The van der Waals surface area contributed by atoms with Gasteiger partial charge in [-0.3, -0.25) is 9.59 Å². The van der Waals surface area contributed by atoms with Gasteiger partial charge in [0.2, 0.25) is 17.7 Å². The summed E-state index contributed by atoms with van der Waals surface area (Å²) in [5.41, 5.74) is -0.511. The molecule has 0 unspecified atom stereocenters. The van der Waals surface area contributed by atoms with Crippen molar-refractivity contribution >= 4 is 23.4 Å². The van der Waals surface area contributed by atoms with Crippen LogP contribution in [0.3, 0.4) is 0 Å². The lowest BCUT2D eigenvalue weighted by molar-refractivity contribution is -0.147. The van der Waals surface area contributed by atoms with Crippen molar-refractivity contribution in [3.63, 3.8) is 0 Å². The Labute approximate surface area is 205 Å². The van der Waals surface area contributed by atoms with Gasteiger partial charge in [0.25, 0.3) is 0 Å². The first-order valence-corrected chi connectivity index (χ1v) is 13.0. The van der Waals surface area contributed by atoms with Gasteiger partial charge in [-0.15, -0.1) is 0 Å². The second-order valence-corrected chi connectivity index (χ2v) is 10.8. The molecular weight excluding hydrogens is 462 g/mol. The van der Waals surface area contributed by atoms with Crippen LogP contribution in [0.25, 0.3) is 0 Å². The van der Waals surface area contributed by atoms with E-state index in [0.717, 1.165) is 45.2 Å². The average Bonchev–Trinajstić information content (AvgIpc) is 2.83. The van der Waals surface area contributed by atoms with Gasteiger partial charge in [-0.2, -0.15) is 0 Å². The predicted molar refractivity (Wildman–Crippen MR) is 127 cm³/mol. The summed E-state index contributed by atoms with van der Waals surface area (Å²) >= 11 is 6.11. The van der Waals surface area contributed by atoms with Gasteiger partial charge in [0, 0.05) is 61.8 Å². The molecule has 1 saturated carbocycles. The quantitative estimate of drug-likeness (QED) is 0.518. The van der Waals surface area contributed by atoms with E-state index in [4.69, 9.17) is 16.3 Å². The molecule has 0 bridgehead atoms. The number of piperidine rings is 2. The number of hydrogen-bond acceptors (Lipinski definition) is 3. The van der Waals surface area contributed by atoms with Crippen LogP contribution in [-0.4, -0.2) is 60.3 Å². The standard InChI is InChI=1S/C26H35ClF2N2O3/c27-21-6-4-7-22(16-21)34-19-25(17-23(32)30-13-2-1-3-14-30)10-5-15-31(18-25)24(33)20-8-11-26(28,29)12-9-20/h4,6-7,16,20H,1-3,5,8-15,17-19H2/t25-/m1/s1. The second-order valence-electron chi connectivity index (χ2n) is 10.4. The fourth-order valence-corrected chi connectivity index (χ4v) is 5.80. The third-order valence-electron chi connectivity index (χ3n) is 7.62. The summed E-state index contributed by atoms with van der Waals surface area (Å²) in [6.07, 6.45) is 5.04. The smallest absolute Gasteiger partial charge is 0.248 e. The van der Waals surface area contributed by atoms with Gasteiger partial charge in [-0.1, -0.05) is 17.7 Å². The number of carbonyl (C=O) groups excluding carboxylic acids is 2. The highest BCUT2D eigenvalue weighted by Crippen LogP contribution is 2.40. The van der Waals surface area contributed by atoms with E-state index in [1.807, 2.05) is 21.9 Å². The third-order valence-corrected chi connectivity index (χ3v) is 7.85. The summed E-state index contributed by atoms with van der Waals surface area (Å²) in [5, 5.41) is 0.575. The van der Waals surface area contributed by atoms with E-state index in [2.05, 4.69) is 0 Å². The number of hydrogen-bond donors (Lipinski definition) is 0. The van der Waals surface area contributed by atoms with Crippen molar-refractivity contribution in [1.29, 1.82) is 0 Å². The molecule has 0 N–H and O–H groups in total. The van der Waals surface area contributed by atoms with Crippen LogP contribution in [0.15, 0.2) is 24.3 Å². The van der Waals surface area contributed by atoms with Crippen molar-refractivity contribution in [3.8, 4) is 5.75 Å². The molecule has 34 heavy (non-hydrogen) atoms. The Morgan fingerprint density at radius 2 is 1.71 bits per heavy atom. The molecule has 1 aromatic carbocycles. The van der Waals surface area contributed by atoms with Gasteiger partial charge in [0.05, 0.1) is 6.61 Å². The molecule has 0 radical (unpaired) electrons. The normalized spacial score (nSPS) is 25.7. The topological polar surface area (TPSA) is 49.9 Å². The molecule has 1 atom stereocenters. The zero-order valence-corrected chi connectivity index (χ0v) is 20.5. The monoisotopic (exact) mass is 496 g/mol. The first-order chi connectivity index (χ1) is 16.3. The first-order valence-electron chi connectivity index (χ1n) is 12.6. The summed E-state index contributed by atoms with van der Waals surface area (Å²) < 4.78 is 33.4. The molecule has 8 heteroatoms. The Bertz CT molecular complexity index is 867. The van der Waals surface area contributed by atoms with Gasteiger partial charge in [0.15, 0.2) is 0 Å². The van der Waals surface area contributed by atoms with Gasteiger partial charge in [-0.05, 0) is 63.1 Å². The van der Waals surface area contributed by atoms with Crippen LogP contribution in [0.5, 0.6) is 5.75 Å². The molecule has 4 rings (SSSR count). The third kappa shape index (κ3) is 6.41. The summed E-state index contributed by atoms with van der Waals surface area (Å²) in [7, 11) is 0. The van der Waals surface area contributed by atoms with Crippen LogP contribution in [0.2, 0.25) is 5.02 Å². The molecule has 1 aliphatic carbocycles. The average molecular weight is 497 g/mol. The zero-order chi connectivity index (χ0) is 24.2. The van der Waals surface area contributed by atoms with Crippen molar-refractivity contribution in [3.05, 3.63) is 29.3 Å². The molecule has 188 valence electrons. The van der Waals surface area contributed by atoms with Gasteiger partial charge >= 0.3 is 0 Å². The molecule has 2 heterocycles. The number of benzene rings is 1. The Morgan fingerprint density at radius 3 is 2.41 bits per heavy atom. The summed E-state index contributed by atoms with van der Waals surface area (Å²) in [6.45, 7) is 2.88. The van der Waals surface area contributed by atoms with Crippen LogP contribution < -0.4 is 4.74 Å². The van der Waals surface area contributed by atoms with Gasteiger partial charge in [-0.25, -0.2) is 8.78 Å². The molecule has 1 aromatic rings. The number of likely N-dealkylation sites (tertiary alicyclic amines) is 2. The predicted octanol–water partition coefficient (Wildman–Crippen LogP) is 5.56. The van der Waals surface area contributed by atoms with E-state index in [1.54, 1.807) is 12.1 Å². The lowest BCUT2D eigenvalue weighted by atomic mass is 9.76. The number of ether oxygens (including phenoxy) is 1. The Kier molecular flexibility index (Phi) is 8.01. The van der Waals surface area contributed by atoms with Crippen LogP contribution in [-0.2, 0) is 9.59 Å². The SMILES string of the molecule is O=C(C[C@]1(COc2cccc(Cl)c2)CCCN(C(=O)C2CCC(F)(F)CC2)C1)N1CCCCC1. The van der Waals surface area contributed by atoms with Crippen molar-refractivity contribution in [2.45, 2.75) is 70.1 Å². The van der Waals surface area contributed by atoms with E-state index in [-0.39, 0.29) is 43.4 Å². The van der Waals surface area contributed by atoms with E-state index >= 15 is 0 Å². The molecule has 3 aliphatic rings. The lowest BCUT2D eigenvalue weighted by Gasteiger charge is -2.44. The van der Waals surface area contributed by atoms with Crippen molar-refractivity contribution in [1.82, 2.24) is 9.80 Å². The molecule has 2 saturated heterocycles. The fourth-order valence-electron chi connectivity index (χ4n) is 5.62. The number of nitrogens with zero attached hydrogens (tertiary/aromatic N) is 2. The fraction of sp³-hybridized carbons (Fsp3) is 0.692. The van der Waals surface area contributed by atoms with E-state index in [0.29, 0.717) is 36.9 Å². The number of halogens is 3. The number of carbonyl (C=O) groups is 2. The zero-order valence-electron chi connectivity index (χ0n) is 19.7. The summed E-state index contributed by atoms with van der Waals surface area (Å²) in [5.74, 6) is -2.32. The Balaban J connectivity index is 1.47. The highest BCUT2D eigenvalue weighted by atomic mass is 35.5. The van der Waals surface area contributed by atoms with E-state index in [9.17, 15) is 18.4 Å². The second kappa shape index (κ2) is 10.8. The highest BCUT2D eigenvalue weighted by Gasteiger charge is 2.44. The number of amides is 2. The maximum absolute atomic E-state index is 13.6. The van der Waals surface area contributed by atoms with Crippen LogP contribution in [0.1, 0.15) is 64.2 Å². The largest absolute Gasteiger partial charge is 0.493 e. The van der Waals surface area contributed by atoms with Crippen molar-refractivity contribution in [2.75, 3.05) is 32.8 Å².